The molecule has 3 fully saturated rings. The minimum absolute atomic E-state index is 0.202. The maximum atomic E-state index is 13.0. The molecule has 2 saturated heterocycles. The standard InChI is InChI=1S/C17H25NO3/c1-16(2)9-18(10-17(21-16)5-6-20-11-17)15(19)14-8-12-3-4-13(14)7-12/h3-4,12-14H,5-11H2,1-2H3. The van der Waals surface area contributed by atoms with E-state index in [0.29, 0.717) is 37.4 Å². The molecule has 4 nitrogen and oxygen atoms in total. The highest BCUT2D eigenvalue weighted by Crippen LogP contribution is 2.45. The van der Waals surface area contributed by atoms with Crippen molar-refractivity contribution in [3.63, 3.8) is 0 Å². The Hall–Kier alpha value is -0.870. The molecule has 4 heteroatoms. The summed E-state index contributed by atoms with van der Waals surface area (Å²) < 4.78 is 11.9. The maximum absolute atomic E-state index is 13.0. The molecule has 116 valence electrons. The smallest absolute Gasteiger partial charge is 0.226 e. The monoisotopic (exact) mass is 291 g/mol. The van der Waals surface area contributed by atoms with E-state index in [1.54, 1.807) is 0 Å². The molecule has 4 atom stereocenters. The average molecular weight is 291 g/mol. The molecule has 1 saturated carbocycles. The third-order valence-corrected chi connectivity index (χ3v) is 5.52. The predicted molar refractivity (Wildman–Crippen MR) is 78.8 cm³/mol. The minimum Gasteiger partial charge on any atom is -0.378 e. The van der Waals surface area contributed by atoms with Gasteiger partial charge in [-0.3, -0.25) is 4.79 Å². The van der Waals surface area contributed by atoms with Crippen LogP contribution in [-0.2, 0) is 14.3 Å². The molecule has 0 aromatic carbocycles. The van der Waals surface area contributed by atoms with E-state index in [4.69, 9.17) is 9.47 Å². The van der Waals surface area contributed by atoms with Gasteiger partial charge in [-0.15, -0.1) is 0 Å². The van der Waals surface area contributed by atoms with E-state index in [0.717, 1.165) is 19.4 Å². The van der Waals surface area contributed by atoms with Crippen LogP contribution in [0.3, 0.4) is 0 Å². The SMILES string of the molecule is CC1(C)CN(C(=O)C2CC3C=CC2C3)CC2(CCOC2)O1. The molecular weight excluding hydrogens is 266 g/mol. The molecule has 0 N–H and O–H groups in total. The molecule has 0 aromatic heterocycles. The van der Waals surface area contributed by atoms with Crippen LogP contribution in [0.1, 0.15) is 33.1 Å². The fourth-order valence-electron chi connectivity index (χ4n) is 4.76. The summed E-state index contributed by atoms with van der Waals surface area (Å²) in [5, 5.41) is 0. The van der Waals surface area contributed by atoms with Crippen molar-refractivity contribution in [3.05, 3.63) is 12.2 Å². The van der Waals surface area contributed by atoms with Crippen LogP contribution in [0.2, 0.25) is 0 Å². The van der Waals surface area contributed by atoms with Gasteiger partial charge in [0.05, 0.1) is 18.8 Å². The molecule has 4 aliphatic rings. The number of ether oxygens (including phenoxy) is 2. The van der Waals surface area contributed by atoms with E-state index in [9.17, 15) is 4.79 Å². The Kier molecular flexibility index (Phi) is 2.99. The van der Waals surface area contributed by atoms with Gasteiger partial charge in [0.2, 0.25) is 5.91 Å². The van der Waals surface area contributed by atoms with E-state index in [2.05, 4.69) is 30.9 Å². The number of nitrogens with zero attached hydrogens (tertiary/aromatic N) is 1. The first-order valence-corrected chi connectivity index (χ1v) is 8.22. The number of carbonyl (C=O) groups excluding carboxylic acids is 1. The number of allylic oxidation sites excluding steroid dienone is 2. The van der Waals surface area contributed by atoms with Gasteiger partial charge in [-0.25, -0.2) is 0 Å². The maximum Gasteiger partial charge on any atom is 0.226 e. The molecule has 21 heavy (non-hydrogen) atoms. The average Bonchev–Trinajstić information content (AvgIpc) is 3.12. The summed E-state index contributed by atoms with van der Waals surface area (Å²) in [4.78, 5) is 15.1. The largest absolute Gasteiger partial charge is 0.378 e. The predicted octanol–water partition coefficient (Wildman–Crippen LogP) is 2.00. The Bertz CT molecular complexity index is 478. The first-order valence-electron chi connectivity index (χ1n) is 8.22. The second-order valence-electron chi connectivity index (χ2n) is 7.93. The van der Waals surface area contributed by atoms with Gasteiger partial charge in [0.25, 0.3) is 0 Å². The lowest BCUT2D eigenvalue weighted by Crippen LogP contribution is -2.62. The van der Waals surface area contributed by atoms with Crippen molar-refractivity contribution < 1.29 is 14.3 Å². The molecule has 4 rings (SSSR count). The van der Waals surface area contributed by atoms with Crippen LogP contribution in [0.15, 0.2) is 12.2 Å². The van der Waals surface area contributed by atoms with E-state index >= 15 is 0 Å². The van der Waals surface area contributed by atoms with Crippen LogP contribution in [0.25, 0.3) is 0 Å². The summed E-state index contributed by atoms with van der Waals surface area (Å²) in [6.45, 7) is 6.95. The highest BCUT2D eigenvalue weighted by molar-refractivity contribution is 5.80. The number of amides is 1. The van der Waals surface area contributed by atoms with Crippen molar-refractivity contribution in [1.29, 1.82) is 0 Å². The van der Waals surface area contributed by atoms with Crippen LogP contribution >= 0.6 is 0 Å². The molecule has 1 amide bonds. The number of hydrogen-bond donors (Lipinski definition) is 0. The lowest BCUT2D eigenvalue weighted by atomic mass is 9.89. The molecule has 2 aliphatic carbocycles. The number of morpholine rings is 1. The highest BCUT2D eigenvalue weighted by Gasteiger charge is 2.50. The van der Waals surface area contributed by atoms with Crippen molar-refractivity contribution in [1.82, 2.24) is 4.90 Å². The van der Waals surface area contributed by atoms with Gasteiger partial charge in [-0.1, -0.05) is 12.2 Å². The van der Waals surface area contributed by atoms with Gasteiger partial charge in [-0.05, 0) is 38.5 Å². The summed E-state index contributed by atoms with van der Waals surface area (Å²) >= 11 is 0. The number of hydrogen-bond acceptors (Lipinski definition) is 3. The zero-order chi connectivity index (χ0) is 14.7. The van der Waals surface area contributed by atoms with Crippen LogP contribution < -0.4 is 0 Å². The summed E-state index contributed by atoms with van der Waals surface area (Å²) in [5.74, 6) is 1.66. The molecule has 2 heterocycles. The van der Waals surface area contributed by atoms with E-state index in [1.165, 1.54) is 6.42 Å². The first kappa shape index (κ1) is 13.8. The summed E-state index contributed by atoms with van der Waals surface area (Å²) in [6.07, 6.45) is 7.68. The Morgan fingerprint density at radius 2 is 2.10 bits per heavy atom. The normalized spacial score (nSPS) is 43.9. The summed E-state index contributed by atoms with van der Waals surface area (Å²) in [5.41, 5.74) is -0.556. The van der Waals surface area contributed by atoms with Crippen molar-refractivity contribution in [2.24, 2.45) is 17.8 Å². The molecular formula is C17H25NO3. The summed E-state index contributed by atoms with van der Waals surface area (Å²) in [6, 6.07) is 0. The van der Waals surface area contributed by atoms with E-state index in [1.807, 2.05) is 0 Å². The quantitative estimate of drug-likeness (QED) is 0.694. The van der Waals surface area contributed by atoms with Gasteiger partial charge in [0.15, 0.2) is 0 Å². The van der Waals surface area contributed by atoms with Gasteiger partial charge in [-0.2, -0.15) is 0 Å². The molecule has 0 aromatic rings. The Morgan fingerprint density at radius 1 is 1.24 bits per heavy atom. The molecule has 2 bridgehead atoms. The van der Waals surface area contributed by atoms with Crippen molar-refractivity contribution in [2.45, 2.75) is 44.3 Å². The Morgan fingerprint density at radius 3 is 2.71 bits per heavy atom. The Labute approximate surface area is 126 Å². The van der Waals surface area contributed by atoms with Gasteiger partial charge >= 0.3 is 0 Å². The molecule has 2 aliphatic heterocycles. The molecule has 4 unspecified atom stereocenters. The fraction of sp³-hybridized carbons (Fsp3) is 0.824. The number of fused-ring (bicyclic) bond motifs is 2. The molecule has 0 radical (unpaired) electrons. The fourth-order valence-corrected chi connectivity index (χ4v) is 4.76. The number of carbonyl (C=O) groups is 1. The van der Waals surface area contributed by atoms with Gasteiger partial charge < -0.3 is 14.4 Å². The zero-order valence-electron chi connectivity index (χ0n) is 13.0. The molecule has 1 spiro atoms. The van der Waals surface area contributed by atoms with Crippen molar-refractivity contribution >= 4 is 5.91 Å². The van der Waals surface area contributed by atoms with E-state index in [-0.39, 0.29) is 17.1 Å². The first-order chi connectivity index (χ1) is 9.96. The van der Waals surface area contributed by atoms with Crippen LogP contribution in [0.4, 0.5) is 0 Å². The van der Waals surface area contributed by atoms with Crippen molar-refractivity contribution in [3.8, 4) is 0 Å². The summed E-state index contributed by atoms with van der Waals surface area (Å²) in [7, 11) is 0. The highest BCUT2D eigenvalue weighted by atomic mass is 16.6. The lowest BCUT2D eigenvalue weighted by molar-refractivity contribution is -0.201. The topological polar surface area (TPSA) is 38.8 Å². The zero-order valence-corrected chi connectivity index (χ0v) is 13.0. The Balaban J connectivity index is 1.53. The van der Waals surface area contributed by atoms with Crippen LogP contribution in [-0.4, -0.2) is 48.3 Å². The third-order valence-electron chi connectivity index (χ3n) is 5.52. The third kappa shape index (κ3) is 2.33. The second kappa shape index (κ2) is 4.56. The minimum atomic E-state index is -0.283. The van der Waals surface area contributed by atoms with Crippen molar-refractivity contribution in [2.75, 3.05) is 26.3 Å². The van der Waals surface area contributed by atoms with Crippen LogP contribution in [0, 0.1) is 17.8 Å². The van der Waals surface area contributed by atoms with Crippen LogP contribution in [0.5, 0.6) is 0 Å². The van der Waals surface area contributed by atoms with Gasteiger partial charge in [0, 0.05) is 25.5 Å². The lowest BCUT2D eigenvalue weighted by Gasteiger charge is -2.48. The second-order valence-corrected chi connectivity index (χ2v) is 7.93. The number of rotatable bonds is 1. The van der Waals surface area contributed by atoms with E-state index < -0.39 is 0 Å². The van der Waals surface area contributed by atoms with Gasteiger partial charge in [0.1, 0.15) is 5.60 Å².